The Morgan fingerprint density at radius 3 is 2.63 bits per heavy atom. The van der Waals surface area contributed by atoms with Crippen LogP contribution in [0.3, 0.4) is 0 Å². The van der Waals surface area contributed by atoms with Gasteiger partial charge in [0.2, 0.25) is 0 Å². The smallest absolute Gasteiger partial charge is 0.140 e. The molecule has 2 heterocycles. The fourth-order valence-corrected chi connectivity index (χ4v) is 3.71. The van der Waals surface area contributed by atoms with Crippen molar-refractivity contribution in [1.82, 2.24) is 19.7 Å². The number of hydrogen-bond acceptors (Lipinski definition) is 4. The summed E-state index contributed by atoms with van der Waals surface area (Å²) in [6.07, 6.45) is 6.63. The van der Waals surface area contributed by atoms with Gasteiger partial charge in [0.1, 0.15) is 12.2 Å². The molecular weight excluding hydrogens is 240 g/mol. The van der Waals surface area contributed by atoms with E-state index in [9.17, 15) is 0 Å². The summed E-state index contributed by atoms with van der Waals surface area (Å²) in [5.74, 6) is 1.03. The van der Waals surface area contributed by atoms with Gasteiger partial charge in [-0.2, -0.15) is 5.10 Å². The molecule has 1 saturated carbocycles. The van der Waals surface area contributed by atoms with Crippen LogP contribution in [0.2, 0.25) is 0 Å². The highest BCUT2D eigenvalue weighted by molar-refractivity contribution is 4.98. The predicted molar refractivity (Wildman–Crippen MR) is 72.6 cm³/mol. The zero-order chi connectivity index (χ0) is 13.5. The molecule has 2 aliphatic rings. The van der Waals surface area contributed by atoms with E-state index in [1.54, 1.807) is 6.33 Å². The molecule has 1 spiro atoms. The molecule has 0 atom stereocenters. The SMILES string of the molecule is Cn1ncnc1CN1CC(C)(C)OC2(CCCC2)C1. The third-order valence-electron chi connectivity index (χ3n) is 4.29. The maximum Gasteiger partial charge on any atom is 0.140 e. The molecule has 1 aromatic heterocycles. The van der Waals surface area contributed by atoms with E-state index in [1.807, 2.05) is 11.7 Å². The molecule has 1 aliphatic carbocycles. The maximum absolute atomic E-state index is 6.42. The standard InChI is InChI=1S/C14H24N4O/c1-13(2)9-18(8-12-15-11-16-17(12)3)10-14(19-13)6-4-5-7-14/h11H,4-10H2,1-3H3. The highest BCUT2D eigenvalue weighted by Crippen LogP contribution is 2.40. The predicted octanol–water partition coefficient (Wildman–Crippen LogP) is 1.74. The number of aromatic nitrogens is 3. The van der Waals surface area contributed by atoms with Crippen molar-refractivity contribution >= 4 is 0 Å². The Hall–Kier alpha value is -0.940. The minimum Gasteiger partial charge on any atom is -0.366 e. The molecule has 1 aromatic rings. The lowest BCUT2D eigenvalue weighted by Crippen LogP contribution is -2.58. The lowest BCUT2D eigenvalue weighted by Gasteiger charge is -2.48. The van der Waals surface area contributed by atoms with Crippen molar-refractivity contribution in [3.8, 4) is 0 Å². The number of ether oxygens (including phenoxy) is 1. The number of nitrogens with zero attached hydrogens (tertiary/aromatic N) is 4. The Morgan fingerprint density at radius 1 is 1.26 bits per heavy atom. The Bertz CT molecular complexity index is 448. The molecule has 0 unspecified atom stereocenters. The molecule has 1 aliphatic heterocycles. The van der Waals surface area contributed by atoms with Crippen molar-refractivity contribution in [2.45, 2.75) is 57.3 Å². The summed E-state index contributed by atoms with van der Waals surface area (Å²) in [5, 5.41) is 4.16. The van der Waals surface area contributed by atoms with Gasteiger partial charge < -0.3 is 4.74 Å². The number of rotatable bonds is 2. The van der Waals surface area contributed by atoms with E-state index >= 15 is 0 Å². The first-order chi connectivity index (χ1) is 8.98. The van der Waals surface area contributed by atoms with Crippen molar-refractivity contribution in [3.05, 3.63) is 12.2 Å². The fourth-order valence-electron chi connectivity index (χ4n) is 3.71. The van der Waals surface area contributed by atoms with Crippen LogP contribution in [-0.2, 0) is 18.3 Å². The van der Waals surface area contributed by atoms with E-state index < -0.39 is 0 Å². The second-order valence-electron chi connectivity index (χ2n) is 6.70. The number of hydrogen-bond donors (Lipinski definition) is 0. The van der Waals surface area contributed by atoms with Crippen LogP contribution in [0, 0.1) is 0 Å². The van der Waals surface area contributed by atoms with Crippen LogP contribution in [0.1, 0.15) is 45.4 Å². The van der Waals surface area contributed by atoms with Crippen molar-refractivity contribution in [2.24, 2.45) is 7.05 Å². The second kappa shape index (κ2) is 4.56. The molecule has 0 bridgehead atoms. The van der Waals surface area contributed by atoms with Crippen LogP contribution < -0.4 is 0 Å². The van der Waals surface area contributed by atoms with Crippen LogP contribution in [-0.4, -0.2) is 44.0 Å². The van der Waals surface area contributed by atoms with Crippen molar-refractivity contribution in [1.29, 1.82) is 0 Å². The third kappa shape index (κ3) is 2.67. The van der Waals surface area contributed by atoms with Gasteiger partial charge in [0.05, 0.1) is 17.7 Å². The molecular formula is C14H24N4O. The second-order valence-corrected chi connectivity index (χ2v) is 6.70. The van der Waals surface area contributed by atoms with Crippen molar-refractivity contribution in [3.63, 3.8) is 0 Å². The molecule has 106 valence electrons. The molecule has 0 radical (unpaired) electrons. The number of aryl methyl sites for hydroxylation is 1. The Morgan fingerprint density at radius 2 is 2.00 bits per heavy atom. The van der Waals surface area contributed by atoms with E-state index in [0.29, 0.717) is 0 Å². The molecule has 5 heteroatoms. The molecule has 0 aromatic carbocycles. The van der Waals surface area contributed by atoms with Gasteiger partial charge in [-0.3, -0.25) is 9.58 Å². The van der Waals surface area contributed by atoms with Crippen LogP contribution in [0.4, 0.5) is 0 Å². The summed E-state index contributed by atoms with van der Waals surface area (Å²) >= 11 is 0. The molecule has 2 fully saturated rings. The van der Waals surface area contributed by atoms with E-state index in [2.05, 4.69) is 28.8 Å². The molecule has 5 nitrogen and oxygen atoms in total. The van der Waals surface area contributed by atoms with Gasteiger partial charge in [-0.1, -0.05) is 12.8 Å². The van der Waals surface area contributed by atoms with E-state index in [0.717, 1.165) is 25.5 Å². The Balaban J connectivity index is 1.76. The van der Waals surface area contributed by atoms with E-state index in [-0.39, 0.29) is 11.2 Å². The summed E-state index contributed by atoms with van der Waals surface area (Å²) in [6.45, 7) is 7.27. The normalized spacial score (nSPS) is 26.1. The van der Waals surface area contributed by atoms with E-state index in [1.165, 1.54) is 25.7 Å². The van der Waals surface area contributed by atoms with Crippen LogP contribution in [0.15, 0.2) is 6.33 Å². The first kappa shape index (κ1) is 13.1. The highest BCUT2D eigenvalue weighted by Gasteiger charge is 2.45. The summed E-state index contributed by atoms with van der Waals surface area (Å²) in [4.78, 5) is 6.83. The zero-order valence-corrected chi connectivity index (χ0v) is 12.2. The minimum atomic E-state index is -0.0683. The van der Waals surface area contributed by atoms with Gasteiger partial charge in [-0.15, -0.1) is 0 Å². The average Bonchev–Trinajstić information content (AvgIpc) is 2.87. The quantitative estimate of drug-likeness (QED) is 0.816. The molecule has 3 rings (SSSR count). The van der Waals surface area contributed by atoms with Gasteiger partial charge in [-0.25, -0.2) is 4.98 Å². The minimum absolute atomic E-state index is 0.0683. The summed E-state index contributed by atoms with van der Waals surface area (Å²) < 4.78 is 8.28. The largest absolute Gasteiger partial charge is 0.366 e. The summed E-state index contributed by atoms with van der Waals surface area (Å²) in [5.41, 5.74) is 0.0154. The maximum atomic E-state index is 6.42. The molecule has 0 N–H and O–H groups in total. The first-order valence-corrected chi connectivity index (χ1v) is 7.24. The molecule has 0 amide bonds. The third-order valence-corrected chi connectivity index (χ3v) is 4.29. The van der Waals surface area contributed by atoms with Gasteiger partial charge in [0.25, 0.3) is 0 Å². The monoisotopic (exact) mass is 264 g/mol. The van der Waals surface area contributed by atoms with Gasteiger partial charge in [0.15, 0.2) is 0 Å². The van der Waals surface area contributed by atoms with Crippen LogP contribution in [0.5, 0.6) is 0 Å². The Kier molecular flexibility index (Phi) is 3.14. The molecule has 19 heavy (non-hydrogen) atoms. The van der Waals surface area contributed by atoms with Crippen LogP contribution >= 0.6 is 0 Å². The molecule has 1 saturated heterocycles. The lowest BCUT2D eigenvalue weighted by atomic mass is 9.94. The summed E-state index contributed by atoms with van der Waals surface area (Å²) in [6, 6.07) is 0. The van der Waals surface area contributed by atoms with Crippen molar-refractivity contribution < 1.29 is 4.74 Å². The first-order valence-electron chi connectivity index (χ1n) is 7.24. The summed E-state index contributed by atoms with van der Waals surface area (Å²) in [7, 11) is 1.96. The van der Waals surface area contributed by atoms with Crippen molar-refractivity contribution in [2.75, 3.05) is 13.1 Å². The van der Waals surface area contributed by atoms with Gasteiger partial charge in [0, 0.05) is 20.1 Å². The van der Waals surface area contributed by atoms with E-state index in [4.69, 9.17) is 4.74 Å². The zero-order valence-electron chi connectivity index (χ0n) is 12.2. The highest BCUT2D eigenvalue weighted by atomic mass is 16.5. The number of morpholine rings is 1. The fraction of sp³-hybridized carbons (Fsp3) is 0.857. The van der Waals surface area contributed by atoms with Gasteiger partial charge in [-0.05, 0) is 26.7 Å². The lowest BCUT2D eigenvalue weighted by molar-refractivity contribution is -0.195. The Labute approximate surface area is 114 Å². The van der Waals surface area contributed by atoms with Gasteiger partial charge >= 0.3 is 0 Å². The average molecular weight is 264 g/mol. The topological polar surface area (TPSA) is 43.2 Å². The van der Waals surface area contributed by atoms with Crippen LogP contribution in [0.25, 0.3) is 0 Å².